The molecule has 0 saturated carbocycles. The molecule has 0 spiro atoms. The summed E-state index contributed by atoms with van der Waals surface area (Å²) in [5.74, 6) is 1.83. The fraction of sp³-hybridized carbons (Fsp3) is 0.412. The molecular formula is C17H22N2O. The molecule has 3 heteroatoms. The molecule has 0 radical (unpaired) electrons. The second kappa shape index (κ2) is 6.04. The molecule has 1 saturated heterocycles. The minimum absolute atomic E-state index is 0.730. The van der Waals surface area contributed by atoms with Crippen LogP contribution < -0.4 is 10.2 Å². The van der Waals surface area contributed by atoms with E-state index < -0.39 is 0 Å². The van der Waals surface area contributed by atoms with E-state index in [9.17, 15) is 0 Å². The minimum atomic E-state index is 0.730. The maximum atomic E-state index is 5.31. The molecule has 1 aromatic heterocycles. The van der Waals surface area contributed by atoms with E-state index in [2.05, 4.69) is 41.4 Å². The highest BCUT2D eigenvalue weighted by Gasteiger charge is 2.15. The summed E-state index contributed by atoms with van der Waals surface area (Å²) in [5.41, 5.74) is 2.47. The highest BCUT2D eigenvalue weighted by Crippen LogP contribution is 2.24. The van der Waals surface area contributed by atoms with Crippen LogP contribution in [-0.2, 0) is 6.54 Å². The molecule has 0 bridgehead atoms. The number of piperidine rings is 1. The maximum absolute atomic E-state index is 5.31. The van der Waals surface area contributed by atoms with Crippen molar-refractivity contribution in [2.45, 2.75) is 26.3 Å². The fourth-order valence-corrected chi connectivity index (χ4v) is 2.66. The first-order valence-electron chi connectivity index (χ1n) is 7.42. The standard InChI is InChI=1S/C17H22N2O/c1-14-8-10-19(11-9-14)16-6-4-15(5-7-16)18-13-17-3-2-12-20-17/h2-7,12,14,18H,8-11,13H2,1H3. The molecule has 3 rings (SSSR count). The Morgan fingerprint density at radius 1 is 1.15 bits per heavy atom. The Morgan fingerprint density at radius 2 is 1.90 bits per heavy atom. The lowest BCUT2D eigenvalue weighted by molar-refractivity contribution is 0.438. The van der Waals surface area contributed by atoms with E-state index in [1.165, 1.54) is 31.6 Å². The van der Waals surface area contributed by atoms with Gasteiger partial charge in [-0.25, -0.2) is 0 Å². The van der Waals surface area contributed by atoms with E-state index in [0.717, 1.165) is 23.9 Å². The predicted molar refractivity (Wildman–Crippen MR) is 83.1 cm³/mol. The van der Waals surface area contributed by atoms with Gasteiger partial charge in [0, 0.05) is 24.5 Å². The average Bonchev–Trinajstić information content (AvgIpc) is 3.00. The number of benzene rings is 1. The van der Waals surface area contributed by atoms with Gasteiger partial charge in [-0.2, -0.15) is 0 Å². The molecule has 2 heterocycles. The Kier molecular flexibility index (Phi) is 3.95. The minimum Gasteiger partial charge on any atom is -0.467 e. The van der Waals surface area contributed by atoms with Gasteiger partial charge in [-0.15, -0.1) is 0 Å². The van der Waals surface area contributed by atoms with Crippen LogP contribution in [0.2, 0.25) is 0 Å². The lowest BCUT2D eigenvalue weighted by Gasteiger charge is -2.32. The first-order valence-corrected chi connectivity index (χ1v) is 7.42. The summed E-state index contributed by atoms with van der Waals surface area (Å²) in [5, 5.41) is 3.37. The van der Waals surface area contributed by atoms with Crippen molar-refractivity contribution in [3.05, 3.63) is 48.4 Å². The molecule has 106 valence electrons. The fourth-order valence-electron chi connectivity index (χ4n) is 2.66. The summed E-state index contributed by atoms with van der Waals surface area (Å²) < 4.78 is 5.31. The van der Waals surface area contributed by atoms with Crippen molar-refractivity contribution in [3.63, 3.8) is 0 Å². The van der Waals surface area contributed by atoms with Crippen molar-refractivity contribution in [1.29, 1.82) is 0 Å². The molecule has 1 aromatic carbocycles. The number of hydrogen-bond acceptors (Lipinski definition) is 3. The zero-order valence-corrected chi connectivity index (χ0v) is 12.0. The van der Waals surface area contributed by atoms with Crippen molar-refractivity contribution < 1.29 is 4.42 Å². The first kappa shape index (κ1) is 13.1. The van der Waals surface area contributed by atoms with Crippen LogP contribution in [0.1, 0.15) is 25.5 Å². The highest BCUT2D eigenvalue weighted by molar-refractivity contribution is 5.55. The molecular weight excluding hydrogens is 248 g/mol. The van der Waals surface area contributed by atoms with Gasteiger partial charge in [0.2, 0.25) is 0 Å². The quantitative estimate of drug-likeness (QED) is 0.905. The molecule has 1 aliphatic heterocycles. The molecule has 1 fully saturated rings. The molecule has 3 nitrogen and oxygen atoms in total. The van der Waals surface area contributed by atoms with Gasteiger partial charge in [0.05, 0.1) is 12.8 Å². The van der Waals surface area contributed by atoms with Gasteiger partial charge in [-0.1, -0.05) is 6.92 Å². The molecule has 20 heavy (non-hydrogen) atoms. The Hall–Kier alpha value is -1.90. The van der Waals surface area contributed by atoms with Crippen LogP contribution in [0.5, 0.6) is 0 Å². The largest absolute Gasteiger partial charge is 0.467 e. The lowest BCUT2D eigenvalue weighted by Crippen LogP contribution is -2.32. The van der Waals surface area contributed by atoms with Crippen molar-refractivity contribution in [2.75, 3.05) is 23.3 Å². The number of nitrogens with one attached hydrogen (secondary N) is 1. The number of nitrogens with zero attached hydrogens (tertiary/aromatic N) is 1. The molecule has 1 aliphatic rings. The van der Waals surface area contributed by atoms with E-state index in [4.69, 9.17) is 4.42 Å². The third-order valence-electron chi connectivity index (χ3n) is 4.06. The van der Waals surface area contributed by atoms with Crippen LogP contribution >= 0.6 is 0 Å². The Morgan fingerprint density at radius 3 is 2.55 bits per heavy atom. The van der Waals surface area contributed by atoms with Gasteiger partial charge in [0.15, 0.2) is 0 Å². The highest BCUT2D eigenvalue weighted by atomic mass is 16.3. The van der Waals surface area contributed by atoms with Gasteiger partial charge in [0.1, 0.15) is 5.76 Å². The molecule has 1 N–H and O–H groups in total. The topological polar surface area (TPSA) is 28.4 Å². The molecule has 0 amide bonds. The van der Waals surface area contributed by atoms with Gasteiger partial charge in [-0.05, 0) is 55.2 Å². The monoisotopic (exact) mass is 270 g/mol. The second-order valence-corrected chi connectivity index (χ2v) is 5.65. The van der Waals surface area contributed by atoms with E-state index >= 15 is 0 Å². The van der Waals surface area contributed by atoms with E-state index in [1.807, 2.05) is 12.1 Å². The summed E-state index contributed by atoms with van der Waals surface area (Å²) in [6.07, 6.45) is 4.31. The normalized spacial score (nSPS) is 16.4. The van der Waals surface area contributed by atoms with Gasteiger partial charge < -0.3 is 14.6 Å². The molecule has 0 atom stereocenters. The predicted octanol–water partition coefficient (Wildman–Crippen LogP) is 4.13. The molecule has 0 unspecified atom stereocenters. The Bertz CT molecular complexity index is 510. The number of hydrogen-bond donors (Lipinski definition) is 1. The lowest BCUT2D eigenvalue weighted by atomic mass is 9.99. The van der Waals surface area contributed by atoms with Crippen LogP contribution in [0.3, 0.4) is 0 Å². The Labute approximate surface area is 120 Å². The van der Waals surface area contributed by atoms with E-state index in [0.29, 0.717) is 0 Å². The van der Waals surface area contributed by atoms with Crippen LogP contribution in [0.4, 0.5) is 11.4 Å². The van der Waals surface area contributed by atoms with E-state index in [1.54, 1.807) is 6.26 Å². The van der Waals surface area contributed by atoms with Crippen molar-refractivity contribution >= 4 is 11.4 Å². The summed E-state index contributed by atoms with van der Waals surface area (Å²) in [6.45, 7) is 5.44. The smallest absolute Gasteiger partial charge is 0.122 e. The number of anilines is 2. The summed E-state index contributed by atoms with van der Waals surface area (Å²) in [4.78, 5) is 2.48. The summed E-state index contributed by atoms with van der Waals surface area (Å²) in [6, 6.07) is 12.6. The number of furan rings is 1. The van der Waals surface area contributed by atoms with Gasteiger partial charge in [0.25, 0.3) is 0 Å². The number of rotatable bonds is 4. The average molecular weight is 270 g/mol. The third kappa shape index (κ3) is 3.16. The van der Waals surface area contributed by atoms with Crippen molar-refractivity contribution in [1.82, 2.24) is 0 Å². The van der Waals surface area contributed by atoms with Crippen LogP contribution in [0.15, 0.2) is 47.1 Å². The van der Waals surface area contributed by atoms with Crippen LogP contribution in [-0.4, -0.2) is 13.1 Å². The Balaban J connectivity index is 1.57. The zero-order valence-electron chi connectivity index (χ0n) is 12.0. The first-order chi connectivity index (χ1) is 9.81. The maximum Gasteiger partial charge on any atom is 0.122 e. The summed E-state index contributed by atoms with van der Waals surface area (Å²) in [7, 11) is 0. The van der Waals surface area contributed by atoms with Crippen LogP contribution in [0.25, 0.3) is 0 Å². The third-order valence-corrected chi connectivity index (χ3v) is 4.06. The van der Waals surface area contributed by atoms with E-state index in [-0.39, 0.29) is 0 Å². The van der Waals surface area contributed by atoms with Gasteiger partial charge in [-0.3, -0.25) is 0 Å². The van der Waals surface area contributed by atoms with Crippen molar-refractivity contribution in [3.8, 4) is 0 Å². The van der Waals surface area contributed by atoms with Crippen LogP contribution in [0, 0.1) is 5.92 Å². The van der Waals surface area contributed by atoms with Gasteiger partial charge >= 0.3 is 0 Å². The molecule has 2 aromatic rings. The second-order valence-electron chi connectivity index (χ2n) is 5.65. The molecule has 0 aliphatic carbocycles. The summed E-state index contributed by atoms with van der Waals surface area (Å²) >= 11 is 0. The van der Waals surface area contributed by atoms with Crippen molar-refractivity contribution in [2.24, 2.45) is 5.92 Å². The SMILES string of the molecule is CC1CCN(c2ccc(NCc3ccco3)cc2)CC1. The zero-order chi connectivity index (χ0) is 13.8.